The minimum absolute atomic E-state index is 0.0270. The number of allylic oxidation sites excluding steroid dienone is 2. The van der Waals surface area contributed by atoms with E-state index in [1.165, 1.54) is 12.1 Å². The molecular weight excluding hydrogens is 651 g/mol. The number of phenols is 1. The van der Waals surface area contributed by atoms with Gasteiger partial charge in [0.1, 0.15) is 5.75 Å². The van der Waals surface area contributed by atoms with Gasteiger partial charge < -0.3 is 14.8 Å². The van der Waals surface area contributed by atoms with Crippen LogP contribution in [0.4, 0.5) is 32.0 Å². The third-order valence-electron chi connectivity index (χ3n) is 9.22. The number of nitrogens with zero attached hydrogens (tertiary/aromatic N) is 1. The van der Waals surface area contributed by atoms with Crippen LogP contribution in [0.5, 0.6) is 5.75 Å². The second-order valence-electron chi connectivity index (χ2n) is 12.2. The summed E-state index contributed by atoms with van der Waals surface area (Å²) in [5.41, 5.74) is -0.732. The molecule has 5 rings (SSSR count). The summed E-state index contributed by atoms with van der Waals surface area (Å²) in [5, 5.41) is 20.9. The third-order valence-corrected chi connectivity index (χ3v) is 9.54. The number of aromatic hydroxyl groups is 1. The Morgan fingerprint density at radius 2 is 1.68 bits per heavy atom. The Bertz CT molecular complexity index is 1590. The van der Waals surface area contributed by atoms with E-state index in [9.17, 15) is 46.1 Å². The fraction of sp³-hybridized carbons (Fsp3) is 0.455. The molecule has 0 unspecified atom stereocenters. The van der Waals surface area contributed by atoms with E-state index in [-0.39, 0.29) is 24.6 Å². The molecule has 2 aromatic rings. The first-order valence-corrected chi connectivity index (χ1v) is 15.8. The number of hydrogen-bond acceptors (Lipinski definition) is 5. The summed E-state index contributed by atoms with van der Waals surface area (Å²) in [6, 6.07) is 5.37. The van der Waals surface area contributed by atoms with Gasteiger partial charge in [-0.3, -0.25) is 9.59 Å². The average Bonchev–Trinajstić information content (AvgIpc) is 3.24. The van der Waals surface area contributed by atoms with Gasteiger partial charge in [-0.05, 0) is 91.9 Å². The lowest BCUT2D eigenvalue weighted by Gasteiger charge is -2.43. The molecule has 1 aliphatic carbocycles. The molecule has 0 aromatic heterocycles. The van der Waals surface area contributed by atoms with Gasteiger partial charge in [0, 0.05) is 0 Å². The van der Waals surface area contributed by atoms with Crippen LogP contribution in [-0.2, 0) is 26.6 Å². The van der Waals surface area contributed by atoms with E-state index in [4.69, 9.17) is 16.3 Å². The Hall–Kier alpha value is -3.29. The smallest absolute Gasteiger partial charge is 0.455 e. The van der Waals surface area contributed by atoms with Crippen molar-refractivity contribution in [2.75, 3.05) is 4.90 Å². The van der Waals surface area contributed by atoms with E-state index in [2.05, 4.69) is 0 Å². The van der Waals surface area contributed by atoms with E-state index < -0.39 is 72.0 Å². The minimum atomic E-state index is -5.16. The highest BCUT2D eigenvalue weighted by molar-refractivity contribution is 6.43. The Kier molecular flexibility index (Phi) is 9.93. The van der Waals surface area contributed by atoms with Gasteiger partial charge in [-0.1, -0.05) is 49.1 Å². The molecule has 0 spiro atoms. The lowest BCUT2D eigenvalue weighted by molar-refractivity contribution is -0.143. The number of rotatable bonds is 8. The van der Waals surface area contributed by atoms with Crippen molar-refractivity contribution in [2.24, 2.45) is 17.8 Å². The van der Waals surface area contributed by atoms with Crippen molar-refractivity contribution in [3.8, 4) is 5.75 Å². The number of carbonyl (C=O) groups is 2. The lowest BCUT2D eigenvalue weighted by atomic mass is 9.58. The van der Waals surface area contributed by atoms with Gasteiger partial charge in [0.25, 0.3) is 0 Å². The summed E-state index contributed by atoms with van der Waals surface area (Å²) in [4.78, 5) is 28.1. The van der Waals surface area contributed by atoms with E-state index >= 15 is 0 Å². The van der Waals surface area contributed by atoms with Crippen molar-refractivity contribution in [1.82, 2.24) is 0 Å². The Morgan fingerprint density at radius 3 is 2.26 bits per heavy atom. The van der Waals surface area contributed by atoms with Crippen molar-refractivity contribution in [2.45, 2.75) is 77.1 Å². The predicted octanol–water partition coefficient (Wildman–Crippen LogP) is 8.46. The molecule has 14 heteroatoms. The molecule has 0 radical (unpaired) electrons. The normalized spacial score (nSPS) is 23.8. The van der Waals surface area contributed by atoms with Crippen LogP contribution < -0.4 is 4.90 Å². The summed E-state index contributed by atoms with van der Waals surface area (Å²) in [5.74, 6) is -4.51. The molecule has 0 saturated carbocycles. The molecule has 2 fully saturated rings. The van der Waals surface area contributed by atoms with Crippen LogP contribution in [0.3, 0.4) is 0 Å². The molecule has 2 N–H and O–H groups in total. The van der Waals surface area contributed by atoms with E-state index in [0.717, 1.165) is 16.7 Å². The Balaban J connectivity index is 1.49. The number of hydrogen-bond donors (Lipinski definition) is 2. The fourth-order valence-electron chi connectivity index (χ4n) is 7.15. The number of anilines is 1. The fourth-order valence-corrected chi connectivity index (χ4v) is 7.37. The summed E-state index contributed by atoms with van der Waals surface area (Å²) < 4.78 is 87.9. The molecule has 47 heavy (non-hydrogen) atoms. The SMILES string of the molecule is CCCC1=C2[C@@H](CC/C(=C/c3ccc(O)cc3Cl)CC)OB(O)C[C@@H]2[C@@H]2C(=O)N(c3cc(C(F)(F)F)cc(C(F)(F)F)c3)C(=O)[C@@H]2C1. The number of carbonyl (C=O) groups excluding carboxylic acids is 2. The van der Waals surface area contributed by atoms with Gasteiger partial charge in [-0.15, -0.1) is 0 Å². The first-order chi connectivity index (χ1) is 22.0. The molecular formula is C33H33BClF6NO5. The molecule has 4 atom stereocenters. The number of benzene rings is 2. The van der Waals surface area contributed by atoms with Crippen molar-refractivity contribution >= 4 is 42.3 Å². The topological polar surface area (TPSA) is 87.1 Å². The number of phenolic OH excluding ortho intramolecular Hbond substituents is 1. The maximum absolute atomic E-state index is 13.9. The predicted molar refractivity (Wildman–Crippen MR) is 164 cm³/mol. The first kappa shape index (κ1) is 35.0. The molecule has 2 saturated heterocycles. The molecule has 2 aliphatic heterocycles. The van der Waals surface area contributed by atoms with Crippen molar-refractivity contribution in [3.63, 3.8) is 0 Å². The zero-order chi connectivity index (χ0) is 34.4. The lowest BCUT2D eigenvalue weighted by Crippen LogP contribution is -2.46. The molecule has 2 aromatic carbocycles. The summed E-state index contributed by atoms with van der Waals surface area (Å²) in [6.07, 6.45) is -6.23. The van der Waals surface area contributed by atoms with Crippen molar-refractivity contribution in [1.29, 1.82) is 0 Å². The second kappa shape index (κ2) is 13.3. The number of amides is 2. The molecule has 252 valence electrons. The van der Waals surface area contributed by atoms with E-state index in [1.54, 1.807) is 6.07 Å². The van der Waals surface area contributed by atoms with Crippen LogP contribution in [-0.4, -0.2) is 35.2 Å². The average molecular weight is 684 g/mol. The van der Waals surface area contributed by atoms with Crippen LogP contribution in [0, 0.1) is 17.8 Å². The zero-order valence-electron chi connectivity index (χ0n) is 25.6. The molecule has 3 aliphatic rings. The summed E-state index contributed by atoms with van der Waals surface area (Å²) in [6.45, 7) is 3.89. The van der Waals surface area contributed by atoms with Crippen molar-refractivity contribution < 1.29 is 50.7 Å². The number of fused-ring (bicyclic) bond motifs is 3. The number of alkyl halides is 6. The standard InChI is InChI=1S/C33H33BClF6NO5/c1-3-5-19-11-24-29(31(45)42(30(24)44)22-13-20(32(36,37)38)12-21(14-22)33(39,40)41)25-16-34(46)47-27(28(19)25)9-6-17(4-2)10-18-7-8-23(43)15-26(18)35/h7-8,10,12-15,24-25,27,29,43,46H,3-6,9,11,16H2,1-2H3/b17-10+/t24-,25+,27-,29-/m1/s1. The van der Waals surface area contributed by atoms with Gasteiger partial charge in [-0.2, -0.15) is 26.3 Å². The van der Waals surface area contributed by atoms with E-state index in [0.29, 0.717) is 59.7 Å². The maximum Gasteiger partial charge on any atom is 0.455 e. The van der Waals surface area contributed by atoms with Crippen LogP contribution in [0.2, 0.25) is 11.3 Å². The monoisotopic (exact) mass is 683 g/mol. The number of imide groups is 1. The summed E-state index contributed by atoms with van der Waals surface area (Å²) in [7, 11) is -1.31. The van der Waals surface area contributed by atoms with Gasteiger partial charge in [0.2, 0.25) is 11.8 Å². The molecule has 2 heterocycles. The highest BCUT2D eigenvalue weighted by Gasteiger charge is 2.58. The van der Waals surface area contributed by atoms with Crippen LogP contribution in [0.25, 0.3) is 6.08 Å². The Labute approximate surface area is 273 Å². The first-order valence-electron chi connectivity index (χ1n) is 15.4. The largest absolute Gasteiger partial charge is 0.508 e. The maximum atomic E-state index is 13.9. The minimum Gasteiger partial charge on any atom is -0.508 e. The summed E-state index contributed by atoms with van der Waals surface area (Å²) >= 11 is 6.29. The molecule has 2 amide bonds. The Morgan fingerprint density at radius 1 is 1.02 bits per heavy atom. The quantitative estimate of drug-likeness (QED) is 0.126. The van der Waals surface area contributed by atoms with Crippen LogP contribution in [0.15, 0.2) is 53.1 Å². The van der Waals surface area contributed by atoms with Crippen molar-refractivity contribution in [3.05, 3.63) is 74.8 Å². The third kappa shape index (κ3) is 7.12. The van der Waals surface area contributed by atoms with Gasteiger partial charge in [-0.25, -0.2) is 4.90 Å². The highest BCUT2D eigenvalue weighted by atomic mass is 35.5. The number of halogens is 7. The van der Waals surface area contributed by atoms with Crippen LogP contribution in [0.1, 0.15) is 69.1 Å². The van der Waals surface area contributed by atoms with Crippen LogP contribution >= 0.6 is 11.6 Å². The van der Waals surface area contributed by atoms with Gasteiger partial charge in [0.15, 0.2) is 0 Å². The zero-order valence-corrected chi connectivity index (χ0v) is 26.3. The van der Waals surface area contributed by atoms with Gasteiger partial charge >= 0.3 is 19.5 Å². The molecule has 0 bridgehead atoms. The second-order valence-corrected chi connectivity index (χ2v) is 12.7. The van der Waals surface area contributed by atoms with E-state index in [1.807, 2.05) is 19.9 Å². The highest BCUT2D eigenvalue weighted by Crippen LogP contribution is 2.52. The molecule has 6 nitrogen and oxygen atoms in total. The van der Waals surface area contributed by atoms with Gasteiger partial charge in [0.05, 0.1) is 39.8 Å².